The Hall–Kier alpha value is -3.12. The van der Waals surface area contributed by atoms with Crippen LogP contribution >= 0.6 is 0 Å². The van der Waals surface area contributed by atoms with E-state index in [1.807, 2.05) is 56.0 Å². The van der Waals surface area contributed by atoms with Crippen LogP contribution in [-0.2, 0) is 23.9 Å². The van der Waals surface area contributed by atoms with Crippen molar-refractivity contribution in [3.05, 3.63) is 95.6 Å². The standard InChI is InChI=1S/C30H33F3N2O/c1-29(2,3)28(36)35-18-17-34(21-25(35)19-22-9-5-4-6-10-22)20-23-13-15-24(16-14-23)26-11-7-8-12-27(26)30(31,32)33/h4-16,25H,17-21H2,1-3H3. The van der Waals surface area contributed by atoms with Crippen molar-refractivity contribution < 1.29 is 18.0 Å². The Morgan fingerprint density at radius 3 is 2.11 bits per heavy atom. The summed E-state index contributed by atoms with van der Waals surface area (Å²) in [7, 11) is 0. The summed E-state index contributed by atoms with van der Waals surface area (Å²) in [6, 6.07) is 23.3. The van der Waals surface area contributed by atoms with Crippen LogP contribution in [0.3, 0.4) is 0 Å². The van der Waals surface area contributed by atoms with E-state index in [2.05, 4.69) is 17.0 Å². The maximum atomic E-state index is 13.4. The molecular formula is C30H33F3N2O. The summed E-state index contributed by atoms with van der Waals surface area (Å²) in [5.41, 5.74) is 1.91. The molecular weight excluding hydrogens is 461 g/mol. The normalized spacial score (nSPS) is 17.3. The first-order valence-electron chi connectivity index (χ1n) is 12.4. The van der Waals surface area contributed by atoms with Crippen LogP contribution in [0.2, 0.25) is 0 Å². The molecule has 1 aliphatic heterocycles. The van der Waals surface area contributed by atoms with Gasteiger partial charge in [-0.3, -0.25) is 9.69 Å². The van der Waals surface area contributed by atoms with E-state index >= 15 is 0 Å². The van der Waals surface area contributed by atoms with E-state index in [1.54, 1.807) is 18.2 Å². The second-order valence-electron chi connectivity index (χ2n) is 10.6. The molecule has 0 aromatic heterocycles. The van der Waals surface area contributed by atoms with E-state index in [4.69, 9.17) is 0 Å². The van der Waals surface area contributed by atoms with E-state index in [0.29, 0.717) is 18.7 Å². The van der Waals surface area contributed by atoms with Gasteiger partial charge < -0.3 is 4.90 Å². The quantitative estimate of drug-likeness (QED) is 0.395. The highest BCUT2D eigenvalue weighted by atomic mass is 19.4. The van der Waals surface area contributed by atoms with Crippen molar-refractivity contribution >= 4 is 5.91 Å². The number of alkyl halides is 3. The first kappa shape index (κ1) is 26.0. The summed E-state index contributed by atoms with van der Waals surface area (Å²) >= 11 is 0. The zero-order valence-electron chi connectivity index (χ0n) is 21.1. The second-order valence-corrected chi connectivity index (χ2v) is 10.6. The minimum Gasteiger partial charge on any atom is -0.336 e. The Morgan fingerprint density at radius 2 is 1.47 bits per heavy atom. The van der Waals surface area contributed by atoms with Gasteiger partial charge in [-0.1, -0.05) is 93.6 Å². The van der Waals surface area contributed by atoms with E-state index < -0.39 is 17.2 Å². The molecule has 0 saturated carbocycles. The summed E-state index contributed by atoms with van der Waals surface area (Å²) in [5.74, 6) is 0.163. The zero-order valence-corrected chi connectivity index (χ0v) is 21.1. The van der Waals surface area contributed by atoms with Crippen molar-refractivity contribution in [2.75, 3.05) is 19.6 Å². The minimum atomic E-state index is -4.40. The monoisotopic (exact) mass is 494 g/mol. The fraction of sp³-hybridized carbons (Fsp3) is 0.367. The molecule has 1 amide bonds. The third kappa shape index (κ3) is 6.16. The Kier molecular flexibility index (Phi) is 7.55. The van der Waals surface area contributed by atoms with E-state index in [1.165, 1.54) is 17.7 Å². The highest BCUT2D eigenvalue weighted by Crippen LogP contribution is 2.37. The van der Waals surface area contributed by atoms with E-state index in [0.717, 1.165) is 31.1 Å². The van der Waals surface area contributed by atoms with Crippen LogP contribution in [-0.4, -0.2) is 41.4 Å². The molecule has 4 rings (SSSR count). The second kappa shape index (κ2) is 10.5. The van der Waals surface area contributed by atoms with Gasteiger partial charge in [-0.2, -0.15) is 13.2 Å². The number of carbonyl (C=O) groups is 1. The highest BCUT2D eigenvalue weighted by molar-refractivity contribution is 5.82. The highest BCUT2D eigenvalue weighted by Gasteiger charge is 2.36. The molecule has 3 nitrogen and oxygen atoms in total. The Morgan fingerprint density at radius 1 is 0.833 bits per heavy atom. The third-order valence-electron chi connectivity index (χ3n) is 6.69. The molecule has 190 valence electrons. The van der Waals surface area contributed by atoms with Crippen molar-refractivity contribution in [1.82, 2.24) is 9.80 Å². The zero-order chi connectivity index (χ0) is 25.9. The predicted octanol–water partition coefficient (Wildman–Crippen LogP) is 6.67. The predicted molar refractivity (Wildman–Crippen MR) is 137 cm³/mol. The molecule has 0 radical (unpaired) electrons. The molecule has 0 spiro atoms. The van der Waals surface area contributed by atoms with Gasteiger partial charge in [0.15, 0.2) is 0 Å². The third-order valence-corrected chi connectivity index (χ3v) is 6.69. The van der Waals surface area contributed by atoms with Crippen molar-refractivity contribution in [2.45, 2.75) is 46.0 Å². The fourth-order valence-corrected chi connectivity index (χ4v) is 4.85. The number of piperazine rings is 1. The van der Waals surface area contributed by atoms with Crippen LogP contribution in [0.4, 0.5) is 13.2 Å². The maximum absolute atomic E-state index is 13.4. The summed E-state index contributed by atoms with van der Waals surface area (Å²) in [6.07, 6.45) is -3.61. The number of carbonyl (C=O) groups excluding carboxylic acids is 1. The van der Waals surface area contributed by atoms with Gasteiger partial charge in [0.05, 0.1) is 5.56 Å². The molecule has 6 heteroatoms. The van der Waals surface area contributed by atoms with Crippen LogP contribution in [0.25, 0.3) is 11.1 Å². The lowest BCUT2D eigenvalue weighted by atomic mass is 9.92. The summed E-state index contributed by atoms with van der Waals surface area (Å²) in [5, 5.41) is 0. The summed E-state index contributed by atoms with van der Waals surface area (Å²) < 4.78 is 40.3. The van der Waals surface area contributed by atoms with Gasteiger partial charge in [0.2, 0.25) is 5.91 Å². The molecule has 3 aromatic carbocycles. The van der Waals surface area contributed by atoms with Crippen molar-refractivity contribution in [2.24, 2.45) is 5.41 Å². The Labute approximate surface area is 211 Å². The number of hydrogen-bond donors (Lipinski definition) is 0. The lowest BCUT2D eigenvalue weighted by Crippen LogP contribution is -2.57. The van der Waals surface area contributed by atoms with Gasteiger partial charge in [-0.25, -0.2) is 0 Å². The van der Waals surface area contributed by atoms with Crippen molar-refractivity contribution in [1.29, 1.82) is 0 Å². The smallest absolute Gasteiger partial charge is 0.336 e. The summed E-state index contributed by atoms with van der Waals surface area (Å²) in [6.45, 7) is 8.72. The van der Waals surface area contributed by atoms with Gasteiger partial charge in [-0.05, 0) is 34.7 Å². The van der Waals surface area contributed by atoms with Crippen LogP contribution in [0.1, 0.15) is 37.5 Å². The molecule has 1 saturated heterocycles. The molecule has 0 N–H and O–H groups in total. The number of halogens is 3. The van der Waals surface area contributed by atoms with Crippen molar-refractivity contribution in [3.8, 4) is 11.1 Å². The number of benzene rings is 3. The van der Waals surface area contributed by atoms with E-state index in [9.17, 15) is 18.0 Å². The molecule has 1 aliphatic rings. The van der Waals surface area contributed by atoms with Gasteiger partial charge in [0, 0.05) is 37.6 Å². The fourth-order valence-electron chi connectivity index (χ4n) is 4.85. The molecule has 1 atom stereocenters. The number of amides is 1. The SMILES string of the molecule is CC(C)(C)C(=O)N1CCN(Cc2ccc(-c3ccccc3C(F)(F)F)cc2)CC1Cc1ccccc1. The summed E-state index contributed by atoms with van der Waals surface area (Å²) in [4.78, 5) is 17.5. The van der Waals surface area contributed by atoms with Gasteiger partial charge >= 0.3 is 6.18 Å². The molecule has 1 unspecified atom stereocenters. The first-order valence-corrected chi connectivity index (χ1v) is 12.4. The van der Waals surface area contributed by atoms with Crippen LogP contribution in [0.15, 0.2) is 78.9 Å². The number of hydrogen-bond acceptors (Lipinski definition) is 2. The maximum Gasteiger partial charge on any atom is 0.417 e. The van der Waals surface area contributed by atoms with Crippen molar-refractivity contribution in [3.63, 3.8) is 0 Å². The van der Waals surface area contributed by atoms with Gasteiger partial charge in [0.25, 0.3) is 0 Å². The average Bonchev–Trinajstić information content (AvgIpc) is 2.84. The Bertz CT molecular complexity index is 1170. The van der Waals surface area contributed by atoms with Crippen LogP contribution < -0.4 is 0 Å². The molecule has 1 fully saturated rings. The molecule has 0 bridgehead atoms. The van der Waals surface area contributed by atoms with Crippen LogP contribution in [0, 0.1) is 5.41 Å². The average molecular weight is 495 g/mol. The van der Waals surface area contributed by atoms with Crippen LogP contribution in [0.5, 0.6) is 0 Å². The molecule has 36 heavy (non-hydrogen) atoms. The van der Waals surface area contributed by atoms with E-state index in [-0.39, 0.29) is 17.5 Å². The molecule has 0 aliphatic carbocycles. The topological polar surface area (TPSA) is 23.6 Å². The lowest BCUT2D eigenvalue weighted by Gasteiger charge is -2.44. The van der Waals surface area contributed by atoms with Gasteiger partial charge in [0.1, 0.15) is 0 Å². The number of nitrogens with zero attached hydrogens (tertiary/aromatic N) is 2. The largest absolute Gasteiger partial charge is 0.417 e. The number of rotatable bonds is 5. The minimum absolute atomic E-state index is 0.0609. The van der Waals surface area contributed by atoms with Gasteiger partial charge in [-0.15, -0.1) is 0 Å². The Balaban J connectivity index is 1.49. The first-order chi connectivity index (χ1) is 17.0. The molecule has 3 aromatic rings. The lowest BCUT2D eigenvalue weighted by molar-refractivity contribution is -0.144. The molecule has 1 heterocycles.